The largest absolute Gasteiger partial charge is 0.367 e. The second-order valence-corrected chi connectivity index (χ2v) is 6.01. The lowest BCUT2D eigenvalue weighted by Gasteiger charge is -2.32. The number of fused-ring (bicyclic) bond motifs is 1. The molecule has 1 fully saturated rings. The molecule has 0 aliphatic carbocycles. The molecule has 0 amide bonds. The Balaban J connectivity index is 1.68. The van der Waals surface area contributed by atoms with Gasteiger partial charge in [0, 0.05) is 18.1 Å². The number of aromatic nitrogens is 3. The maximum Gasteiger partial charge on any atom is 0.260 e. The molecular formula is C15H14N4O2S. The van der Waals surface area contributed by atoms with Crippen LogP contribution in [0, 0.1) is 0 Å². The minimum Gasteiger partial charge on any atom is -0.367 e. The van der Waals surface area contributed by atoms with E-state index in [0.29, 0.717) is 36.5 Å². The number of aromatic amines is 1. The molecule has 3 aromatic rings. The second-order valence-electron chi connectivity index (χ2n) is 5.08. The Morgan fingerprint density at radius 1 is 1.36 bits per heavy atom. The summed E-state index contributed by atoms with van der Waals surface area (Å²) >= 11 is 1.58. The zero-order chi connectivity index (χ0) is 14.9. The highest BCUT2D eigenvalue weighted by molar-refractivity contribution is 7.09. The normalized spacial score (nSPS) is 18.7. The number of rotatable bonds is 2. The smallest absolute Gasteiger partial charge is 0.260 e. The lowest BCUT2D eigenvalue weighted by atomic mass is 10.2. The van der Waals surface area contributed by atoms with Crippen LogP contribution < -0.4 is 10.5 Å². The Labute approximate surface area is 130 Å². The fourth-order valence-corrected chi connectivity index (χ4v) is 3.29. The van der Waals surface area contributed by atoms with Gasteiger partial charge in [0.05, 0.1) is 24.1 Å². The van der Waals surface area contributed by atoms with Crippen LogP contribution in [0.15, 0.2) is 40.6 Å². The molecule has 1 aliphatic rings. The molecule has 1 unspecified atom stereocenters. The number of hydrogen-bond acceptors (Lipinski definition) is 6. The van der Waals surface area contributed by atoms with Crippen molar-refractivity contribution in [3.8, 4) is 0 Å². The molecule has 7 heteroatoms. The third-order valence-electron chi connectivity index (χ3n) is 3.69. The van der Waals surface area contributed by atoms with Crippen LogP contribution in [-0.4, -0.2) is 34.6 Å². The van der Waals surface area contributed by atoms with Crippen molar-refractivity contribution in [3.63, 3.8) is 0 Å². The van der Waals surface area contributed by atoms with Crippen LogP contribution in [0.25, 0.3) is 10.9 Å². The van der Waals surface area contributed by atoms with Crippen LogP contribution in [0.1, 0.15) is 11.1 Å². The molecule has 0 spiro atoms. The van der Waals surface area contributed by atoms with Gasteiger partial charge in [-0.1, -0.05) is 12.1 Å². The molecule has 1 saturated heterocycles. The standard InChI is InChI=1S/C15H14N4O2S/c20-13-10-3-1-2-4-11(10)17-15(18-13)19-6-7-21-12(9-19)14-16-5-8-22-14/h1-5,8,12H,6-7,9H2,(H,17,18,20). The summed E-state index contributed by atoms with van der Waals surface area (Å²) in [5.41, 5.74) is 0.594. The Kier molecular flexibility index (Phi) is 3.36. The molecule has 0 saturated carbocycles. The summed E-state index contributed by atoms with van der Waals surface area (Å²) < 4.78 is 5.78. The summed E-state index contributed by atoms with van der Waals surface area (Å²) in [6, 6.07) is 7.36. The number of benzene rings is 1. The Morgan fingerprint density at radius 2 is 2.27 bits per heavy atom. The number of anilines is 1. The first kappa shape index (κ1) is 13.4. The first-order valence-corrected chi connectivity index (χ1v) is 7.94. The van der Waals surface area contributed by atoms with Gasteiger partial charge in [-0.15, -0.1) is 11.3 Å². The van der Waals surface area contributed by atoms with Crippen molar-refractivity contribution in [3.05, 3.63) is 51.2 Å². The van der Waals surface area contributed by atoms with Gasteiger partial charge in [0.25, 0.3) is 5.56 Å². The number of hydrogen-bond donors (Lipinski definition) is 1. The van der Waals surface area contributed by atoms with Crippen LogP contribution in [0.2, 0.25) is 0 Å². The van der Waals surface area contributed by atoms with Crippen molar-refractivity contribution < 1.29 is 4.74 Å². The third-order valence-corrected chi connectivity index (χ3v) is 4.56. The number of ether oxygens (including phenoxy) is 1. The molecule has 112 valence electrons. The van der Waals surface area contributed by atoms with Gasteiger partial charge in [-0.25, -0.2) is 9.97 Å². The highest BCUT2D eigenvalue weighted by Crippen LogP contribution is 2.25. The van der Waals surface area contributed by atoms with E-state index < -0.39 is 0 Å². The van der Waals surface area contributed by atoms with E-state index in [1.54, 1.807) is 23.6 Å². The van der Waals surface area contributed by atoms with Gasteiger partial charge in [-0.3, -0.25) is 9.78 Å². The summed E-state index contributed by atoms with van der Waals surface area (Å²) in [4.78, 5) is 26.0. The monoisotopic (exact) mass is 314 g/mol. The summed E-state index contributed by atoms with van der Waals surface area (Å²) in [5.74, 6) is 0.591. The number of para-hydroxylation sites is 1. The topological polar surface area (TPSA) is 71.1 Å². The average molecular weight is 314 g/mol. The van der Waals surface area contributed by atoms with E-state index in [0.717, 1.165) is 5.01 Å². The van der Waals surface area contributed by atoms with Crippen molar-refractivity contribution >= 4 is 28.2 Å². The molecule has 3 heterocycles. The first-order chi connectivity index (χ1) is 10.8. The van der Waals surface area contributed by atoms with Gasteiger partial charge in [-0.05, 0) is 12.1 Å². The quantitative estimate of drug-likeness (QED) is 0.783. The number of nitrogens with zero attached hydrogens (tertiary/aromatic N) is 3. The van der Waals surface area contributed by atoms with E-state index in [-0.39, 0.29) is 11.7 Å². The molecule has 4 rings (SSSR count). The Hall–Kier alpha value is -2.25. The maximum atomic E-state index is 12.2. The second kappa shape index (κ2) is 5.51. The lowest BCUT2D eigenvalue weighted by Crippen LogP contribution is -2.40. The van der Waals surface area contributed by atoms with E-state index in [9.17, 15) is 4.79 Å². The lowest BCUT2D eigenvalue weighted by molar-refractivity contribution is 0.0391. The zero-order valence-electron chi connectivity index (χ0n) is 11.7. The molecule has 22 heavy (non-hydrogen) atoms. The molecule has 0 bridgehead atoms. The van der Waals surface area contributed by atoms with E-state index in [1.165, 1.54) is 0 Å². The number of nitrogens with one attached hydrogen (secondary N) is 1. The number of thiazole rings is 1. The minimum absolute atomic E-state index is 0.0782. The summed E-state index contributed by atoms with van der Waals surface area (Å²) in [5, 5.41) is 3.50. The molecule has 6 nitrogen and oxygen atoms in total. The highest BCUT2D eigenvalue weighted by Gasteiger charge is 2.25. The summed E-state index contributed by atoms with van der Waals surface area (Å²) in [6.07, 6.45) is 1.70. The van der Waals surface area contributed by atoms with E-state index in [4.69, 9.17) is 4.74 Å². The maximum absolute atomic E-state index is 12.2. The molecule has 0 radical (unpaired) electrons. The van der Waals surface area contributed by atoms with Crippen LogP contribution in [0.3, 0.4) is 0 Å². The van der Waals surface area contributed by atoms with Crippen molar-refractivity contribution in [1.29, 1.82) is 0 Å². The van der Waals surface area contributed by atoms with Gasteiger partial charge in [-0.2, -0.15) is 0 Å². The van der Waals surface area contributed by atoms with E-state index in [2.05, 4.69) is 15.0 Å². The average Bonchev–Trinajstić information content (AvgIpc) is 3.09. The van der Waals surface area contributed by atoms with Crippen molar-refractivity contribution in [1.82, 2.24) is 15.0 Å². The van der Waals surface area contributed by atoms with Gasteiger partial charge in [0.1, 0.15) is 11.1 Å². The van der Waals surface area contributed by atoms with E-state index >= 15 is 0 Å². The van der Waals surface area contributed by atoms with Crippen molar-refractivity contribution in [2.75, 3.05) is 24.6 Å². The summed E-state index contributed by atoms with van der Waals surface area (Å²) in [6.45, 7) is 1.92. The van der Waals surface area contributed by atoms with Crippen molar-refractivity contribution in [2.45, 2.75) is 6.10 Å². The highest BCUT2D eigenvalue weighted by atomic mass is 32.1. The minimum atomic E-state index is -0.113. The Bertz CT molecular complexity index is 846. The molecule has 1 atom stereocenters. The fourth-order valence-electron chi connectivity index (χ4n) is 2.61. The van der Waals surface area contributed by atoms with Gasteiger partial charge < -0.3 is 9.64 Å². The number of morpholine rings is 1. The van der Waals surface area contributed by atoms with Gasteiger partial charge >= 0.3 is 0 Å². The molecule has 1 aromatic carbocycles. The van der Waals surface area contributed by atoms with Gasteiger partial charge in [0.2, 0.25) is 5.95 Å². The molecular weight excluding hydrogens is 300 g/mol. The van der Waals surface area contributed by atoms with Crippen LogP contribution >= 0.6 is 11.3 Å². The van der Waals surface area contributed by atoms with Gasteiger partial charge in [0.15, 0.2) is 0 Å². The van der Waals surface area contributed by atoms with Crippen LogP contribution in [0.5, 0.6) is 0 Å². The number of H-pyrrole nitrogens is 1. The SMILES string of the molecule is O=c1[nH]c(N2CCOC(c3nccs3)C2)nc2ccccc12. The molecule has 1 N–H and O–H groups in total. The van der Waals surface area contributed by atoms with Crippen LogP contribution in [0.4, 0.5) is 5.95 Å². The zero-order valence-corrected chi connectivity index (χ0v) is 12.5. The fraction of sp³-hybridized carbons (Fsp3) is 0.267. The Morgan fingerprint density at radius 3 is 3.14 bits per heavy atom. The van der Waals surface area contributed by atoms with Crippen molar-refractivity contribution in [2.24, 2.45) is 0 Å². The molecule has 1 aliphatic heterocycles. The third kappa shape index (κ3) is 2.38. The molecule has 2 aromatic heterocycles. The van der Waals surface area contributed by atoms with E-state index in [1.807, 2.05) is 28.5 Å². The predicted octanol–water partition coefficient (Wildman–Crippen LogP) is 1.96. The summed E-state index contributed by atoms with van der Waals surface area (Å²) in [7, 11) is 0. The van der Waals surface area contributed by atoms with Crippen LogP contribution in [-0.2, 0) is 4.74 Å². The predicted molar refractivity (Wildman–Crippen MR) is 85.4 cm³/mol. The first-order valence-electron chi connectivity index (χ1n) is 7.06.